The van der Waals surface area contributed by atoms with E-state index < -0.39 is 0 Å². The van der Waals surface area contributed by atoms with E-state index in [0.717, 1.165) is 17.7 Å². The summed E-state index contributed by atoms with van der Waals surface area (Å²) in [6.45, 7) is 2.74. The highest BCUT2D eigenvalue weighted by molar-refractivity contribution is 8.76. The van der Waals surface area contributed by atoms with E-state index >= 15 is 0 Å². The molecule has 2 rings (SSSR count). The number of rotatable bonds is 6. The maximum Gasteiger partial charge on any atom is 0.343 e. The van der Waals surface area contributed by atoms with Gasteiger partial charge in [-0.25, -0.2) is 9.78 Å². The van der Waals surface area contributed by atoms with E-state index in [-0.39, 0.29) is 6.03 Å². The van der Waals surface area contributed by atoms with Crippen LogP contribution in [0.1, 0.15) is 19.8 Å². The molecule has 0 aliphatic heterocycles. The van der Waals surface area contributed by atoms with Crippen molar-refractivity contribution in [1.29, 1.82) is 0 Å². The van der Waals surface area contributed by atoms with Gasteiger partial charge >= 0.3 is 6.03 Å². The number of carbonyl (C=O) groups excluding carboxylic acids is 1. The number of aromatic nitrogens is 3. The van der Waals surface area contributed by atoms with Crippen LogP contribution in [0.4, 0.5) is 4.79 Å². The molecule has 1 heterocycles. The molecule has 20 heavy (non-hydrogen) atoms. The minimum atomic E-state index is -0.234. The number of carbonyl (C=O) groups is 1. The molecule has 2 aromatic rings. The third kappa shape index (κ3) is 4.57. The molecule has 0 saturated carbocycles. The summed E-state index contributed by atoms with van der Waals surface area (Å²) in [6, 6.07) is 9.75. The summed E-state index contributed by atoms with van der Waals surface area (Å²) in [6.07, 6.45) is 3.45. The maximum absolute atomic E-state index is 11.7. The fourth-order valence-electron chi connectivity index (χ4n) is 1.40. The van der Waals surface area contributed by atoms with Crippen LogP contribution in [-0.4, -0.2) is 27.3 Å². The minimum Gasteiger partial charge on any atom is -0.336 e. The SMILES string of the molecule is CCCCNC(=O)n1cnc(SSc2ccccc2)n1. The molecule has 0 radical (unpaired) electrons. The van der Waals surface area contributed by atoms with Gasteiger partial charge in [0, 0.05) is 11.4 Å². The van der Waals surface area contributed by atoms with Crippen LogP contribution in [-0.2, 0) is 0 Å². The number of hydrogen-bond donors (Lipinski definition) is 1. The van der Waals surface area contributed by atoms with Gasteiger partial charge in [-0.15, -0.1) is 5.10 Å². The van der Waals surface area contributed by atoms with Crippen molar-refractivity contribution in [2.24, 2.45) is 0 Å². The third-order valence-electron chi connectivity index (χ3n) is 2.44. The first kappa shape index (κ1) is 14.9. The van der Waals surface area contributed by atoms with E-state index in [0.29, 0.717) is 11.7 Å². The predicted molar refractivity (Wildman–Crippen MR) is 81.9 cm³/mol. The second-order valence-electron chi connectivity index (χ2n) is 4.04. The Hall–Kier alpha value is -1.47. The van der Waals surface area contributed by atoms with Crippen molar-refractivity contribution in [3.05, 3.63) is 36.7 Å². The molecule has 0 aliphatic carbocycles. The quantitative estimate of drug-likeness (QED) is 0.654. The van der Waals surface area contributed by atoms with Gasteiger partial charge < -0.3 is 5.32 Å². The highest BCUT2D eigenvalue weighted by Gasteiger charge is 2.08. The minimum absolute atomic E-state index is 0.234. The summed E-state index contributed by atoms with van der Waals surface area (Å²) in [5.74, 6) is 0. The van der Waals surface area contributed by atoms with Gasteiger partial charge in [-0.05, 0) is 40.1 Å². The van der Waals surface area contributed by atoms with Gasteiger partial charge in [-0.3, -0.25) is 0 Å². The topological polar surface area (TPSA) is 59.8 Å². The Balaban J connectivity index is 1.84. The molecule has 0 saturated heterocycles. The number of hydrogen-bond acceptors (Lipinski definition) is 5. The van der Waals surface area contributed by atoms with E-state index in [4.69, 9.17) is 0 Å². The average molecular weight is 308 g/mol. The first-order valence-corrected chi connectivity index (χ1v) is 8.54. The fourth-order valence-corrected chi connectivity index (χ4v) is 3.12. The lowest BCUT2D eigenvalue weighted by Crippen LogP contribution is -2.29. The van der Waals surface area contributed by atoms with Crippen molar-refractivity contribution >= 4 is 27.6 Å². The molecular weight excluding hydrogens is 292 g/mol. The summed E-state index contributed by atoms with van der Waals surface area (Å²) in [5.41, 5.74) is 0. The summed E-state index contributed by atoms with van der Waals surface area (Å²) in [5, 5.41) is 7.51. The smallest absolute Gasteiger partial charge is 0.336 e. The van der Waals surface area contributed by atoms with Crippen LogP contribution in [0.3, 0.4) is 0 Å². The summed E-state index contributed by atoms with van der Waals surface area (Å²) in [4.78, 5) is 17.0. The Morgan fingerprint density at radius 1 is 1.30 bits per heavy atom. The molecule has 5 nitrogen and oxygen atoms in total. The molecule has 7 heteroatoms. The number of nitrogens with zero attached hydrogens (tertiary/aromatic N) is 3. The van der Waals surface area contributed by atoms with Crippen LogP contribution < -0.4 is 5.32 Å². The summed E-state index contributed by atoms with van der Waals surface area (Å²) >= 11 is 0. The van der Waals surface area contributed by atoms with Gasteiger partial charge in [-0.2, -0.15) is 4.68 Å². The van der Waals surface area contributed by atoms with Crippen LogP contribution in [0.25, 0.3) is 0 Å². The van der Waals surface area contributed by atoms with Crippen molar-refractivity contribution in [1.82, 2.24) is 20.1 Å². The molecule has 0 aliphatic rings. The molecule has 0 unspecified atom stereocenters. The van der Waals surface area contributed by atoms with Gasteiger partial charge in [-0.1, -0.05) is 31.5 Å². The highest BCUT2D eigenvalue weighted by atomic mass is 33.1. The molecule has 1 N–H and O–H groups in total. The third-order valence-corrected chi connectivity index (χ3v) is 4.60. The zero-order valence-electron chi connectivity index (χ0n) is 11.2. The van der Waals surface area contributed by atoms with E-state index in [1.807, 2.05) is 30.3 Å². The second kappa shape index (κ2) is 7.96. The van der Waals surface area contributed by atoms with E-state index in [9.17, 15) is 4.79 Å². The standard InChI is InChI=1S/C13H16N4OS2/c1-2-3-9-14-13(18)17-10-15-12(16-17)20-19-11-7-5-4-6-8-11/h4-8,10H,2-3,9H2,1H3,(H,14,18). The lowest BCUT2D eigenvalue weighted by atomic mass is 10.3. The van der Waals surface area contributed by atoms with Crippen molar-refractivity contribution in [2.45, 2.75) is 29.8 Å². The van der Waals surface area contributed by atoms with Crippen LogP contribution in [0.15, 0.2) is 46.7 Å². The van der Waals surface area contributed by atoms with Gasteiger partial charge in [0.2, 0.25) is 5.16 Å². The van der Waals surface area contributed by atoms with Crippen molar-refractivity contribution in [2.75, 3.05) is 6.54 Å². The molecule has 0 atom stereocenters. The molecule has 0 bridgehead atoms. The maximum atomic E-state index is 11.7. The summed E-state index contributed by atoms with van der Waals surface area (Å²) in [7, 11) is 3.00. The lowest BCUT2D eigenvalue weighted by molar-refractivity contribution is 0.239. The largest absolute Gasteiger partial charge is 0.343 e. The van der Waals surface area contributed by atoms with E-state index in [1.54, 1.807) is 10.8 Å². The van der Waals surface area contributed by atoms with Crippen LogP contribution >= 0.6 is 21.6 Å². The first-order chi connectivity index (χ1) is 9.79. The van der Waals surface area contributed by atoms with E-state index in [2.05, 4.69) is 22.3 Å². The predicted octanol–water partition coefficient (Wildman–Crippen LogP) is 3.44. The van der Waals surface area contributed by atoms with Crippen LogP contribution in [0, 0.1) is 0 Å². The monoisotopic (exact) mass is 308 g/mol. The molecule has 1 aromatic heterocycles. The molecule has 1 amide bonds. The average Bonchev–Trinajstić information content (AvgIpc) is 2.95. The Bertz CT molecular complexity index is 544. The number of nitrogens with one attached hydrogen (secondary N) is 1. The normalized spacial score (nSPS) is 10.4. The van der Waals surface area contributed by atoms with Gasteiger partial charge in [0.1, 0.15) is 6.33 Å². The Kier molecular flexibility index (Phi) is 5.94. The van der Waals surface area contributed by atoms with Gasteiger partial charge in [0.05, 0.1) is 0 Å². The van der Waals surface area contributed by atoms with Crippen molar-refractivity contribution in [3.8, 4) is 0 Å². The summed E-state index contributed by atoms with van der Waals surface area (Å²) < 4.78 is 1.24. The molecule has 0 fully saturated rings. The second-order valence-corrected chi connectivity index (χ2v) is 6.21. The molecule has 1 aromatic carbocycles. The van der Waals surface area contributed by atoms with Crippen LogP contribution in [0.5, 0.6) is 0 Å². The van der Waals surface area contributed by atoms with Gasteiger partial charge in [0.25, 0.3) is 0 Å². The number of unbranched alkanes of at least 4 members (excludes halogenated alkanes) is 1. The Morgan fingerprint density at radius 2 is 2.10 bits per heavy atom. The zero-order chi connectivity index (χ0) is 14.2. The van der Waals surface area contributed by atoms with Crippen molar-refractivity contribution < 1.29 is 4.79 Å². The molecule has 106 valence electrons. The fraction of sp³-hybridized carbons (Fsp3) is 0.308. The highest BCUT2D eigenvalue weighted by Crippen LogP contribution is 2.34. The first-order valence-electron chi connectivity index (χ1n) is 6.39. The van der Waals surface area contributed by atoms with Crippen molar-refractivity contribution in [3.63, 3.8) is 0 Å². The Morgan fingerprint density at radius 3 is 2.85 bits per heavy atom. The molecular formula is C13H16N4OS2. The lowest BCUT2D eigenvalue weighted by Gasteiger charge is -2.02. The zero-order valence-corrected chi connectivity index (χ0v) is 12.8. The Labute approximate surface area is 125 Å². The number of amides is 1. The molecule has 0 spiro atoms. The van der Waals surface area contributed by atoms with E-state index in [1.165, 1.54) is 21.8 Å². The number of benzene rings is 1. The van der Waals surface area contributed by atoms with Gasteiger partial charge in [0.15, 0.2) is 0 Å². The van der Waals surface area contributed by atoms with Crippen LogP contribution in [0.2, 0.25) is 0 Å².